The minimum Gasteiger partial charge on any atom is -0.481 e. The summed E-state index contributed by atoms with van der Waals surface area (Å²) in [7, 11) is 0. The largest absolute Gasteiger partial charge is 0.481 e. The molecule has 0 amide bonds. The maximum Gasteiger partial charge on any atom is 0.306 e. The van der Waals surface area contributed by atoms with Gasteiger partial charge >= 0.3 is 5.97 Å². The fraction of sp³-hybridized carbons (Fsp3) is 0.385. The first kappa shape index (κ1) is 20.4. The van der Waals surface area contributed by atoms with Crippen molar-refractivity contribution in [1.82, 2.24) is 14.8 Å². The van der Waals surface area contributed by atoms with Gasteiger partial charge in [0.05, 0.1) is 23.1 Å². The monoisotopic (exact) mass is 447 g/mol. The normalized spacial score (nSPS) is 21.2. The zero-order valence-corrected chi connectivity index (χ0v) is 18.5. The number of aromatic nitrogens is 3. The van der Waals surface area contributed by atoms with Crippen LogP contribution < -0.4 is 0 Å². The number of halogens is 1. The summed E-state index contributed by atoms with van der Waals surface area (Å²) in [6.07, 6.45) is 5.09. The number of benzene rings is 2. The lowest BCUT2D eigenvalue weighted by Crippen LogP contribution is -2.18. The van der Waals surface area contributed by atoms with Crippen molar-refractivity contribution in [2.45, 2.75) is 38.5 Å². The van der Waals surface area contributed by atoms with E-state index in [1.807, 2.05) is 18.3 Å². The molecule has 7 heteroatoms. The molecule has 4 aromatic rings. The Morgan fingerprint density at radius 2 is 2.09 bits per heavy atom. The molecule has 2 atom stereocenters. The molecule has 1 aliphatic heterocycles. The molecule has 2 fully saturated rings. The molecule has 1 saturated carbocycles. The van der Waals surface area contributed by atoms with Gasteiger partial charge in [-0.05, 0) is 80.0 Å². The van der Waals surface area contributed by atoms with Gasteiger partial charge in [-0.3, -0.25) is 9.89 Å². The minimum absolute atomic E-state index is 0.146. The molecule has 0 spiro atoms. The van der Waals surface area contributed by atoms with Crippen molar-refractivity contribution in [3.8, 4) is 5.69 Å². The zero-order valence-electron chi connectivity index (χ0n) is 18.5. The van der Waals surface area contributed by atoms with Gasteiger partial charge < -0.3 is 14.4 Å². The quantitative estimate of drug-likeness (QED) is 0.445. The Labute approximate surface area is 190 Å². The molecule has 170 valence electrons. The number of aliphatic carboxylic acids is 1. The van der Waals surface area contributed by atoms with Crippen LogP contribution in [-0.2, 0) is 16.0 Å². The number of aryl methyl sites for hydroxylation is 1. The van der Waals surface area contributed by atoms with Crippen LogP contribution in [0.4, 0.5) is 4.39 Å². The Bertz CT molecular complexity index is 1380. The maximum atomic E-state index is 14.2. The molecule has 0 bridgehead atoms. The smallest absolute Gasteiger partial charge is 0.306 e. The average Bonchev–Trinajstić information content (AvgIpc) is 3.33. The van der Waals surface area contributed by atoms with Crippen molar-refractivity contribution < 1.29 is 19.0 Å². The van der Waals surface area contributed by atoms with Gasteiger partial charge in [0.2, 0.25) is 0 Å². The van der Waals surface area contributed by atoms with Crippen LogP contribution in [0.1, 0.15) is 42.0 Å². The van der Waals surface area contributed by atoms with Crippen LogP contribution in [-0.4, -0.2) is 39.1 Å². The highest BCUT2D eigenvalue weighted by molar-refractivity contribution is 5.98. The van der Waals surface area contributed by atoms with Crippen molar-refractivity contribution in [2.24, 2.45) is 11.8 Å². The van der Waals surface area contributed by atoms with Crippen LogP contribution in [0.2, 0.25) is 0 Å². The molecular formula is C26H26FN3O3. The van der Waals surface area contributed by atoms with Crippen LogP contribution in [0, 0.1) is 24.6 Å². The first-order chi connectivity index (χ1) is 16.0. The lowest BCUT2D eigenvalue weighted by Gasteiger charge is -2.26. The highest BCUT2D eigenvalue weighted by Crippen LogP contribution is 2.46. The summed E-state index contributed by atoms with van der Waals surface area (Å²) >= 11 is 0. The van der Waals surface area contributed by atoms with E-state index in [2.05, 4.69) is 26.9 Å². The van der Waals surface area contributed by atoms with Gasteiger partial charge in [-0.2, -0.15) is 5.10 Å². The van der Waals surface area contributed by atoms with Crippen molar-refractivity contribution in [3.63, 3.8) is 0 Å². The number of carboxylic acids is 1. The Balaban J connectivity index is 1.62. The molecule has 6 rings (SSSR count). The topological polar surface area (TPSA) is 80.1 Å². The summed E-state index contributed by atoms with van der Waals surface area (Å²) in [5.74, 6) is -0.753. The highest BCUT2D eigenvalue weighted by atomic mass is 19.1. The van der Waals surface area contributed by atoms with Crippen molar-refractivity contribution >= 4 is 27.8 Å². The number of rotatable bonds is 5. The van der Waals surface area contributed by atoms with Crippen molar-refractivity contribution in [2.75, 3.05) is 13.2 Å². The van der Waals surface area contributed by atoms with Crippen molar-refractivity contribution in [3.05, 3.63) is 59.2 Å². The SMILES string of the molecule is Cc1cc(-n2c(C3CCOCC3)c(CC3CC3C(=O)O)c3cc4[nH]ncc4cc32)ccc1F. The summed E-state index contributed by atoms with van der Waals surface area (Å²) in [5, 5.41) is 18.9. The summed E-state index contributed by atoms with van der Waals surface area (Å²) < 4.78 is 22.1. The highest BCUT2D eigenvalue weighted by Gasteiger charge is 2.44. The lowest BCUT2D eigenvalue weighted by molar-refractivity contribution is -0.138. The molecule has 6 nitrogen and oxygen atoms in total. The standard InChI is InChI=1S/C26H26FN3O3/c1-14-8-18(2-3-22(14)27)30-24-11-17-13-28-29-23(17)12-20(24)21(10-16-9-19(16)26(31)32)25(30)15-4-6-33-7-5-15/h2-3,8,11-13,15-16,19H,4-7,9-10H2,1H3,(H,28,29)(H,31,32). The van der Waals surface area contributed by atoms with E-state index in [1.54, 1.807) is 6.92 Å². The van der Waals surface area contributed by atoms with Crippen molar-refractivity contribution in [1.29, 1.82) is 0 Å². The number of ether oxygens (including phenoxy) is 1. The van der Waals surface area contributed by atoms with Crippen LogP contribution in [0.5, 0.6) is 0 Å². The average molecular weight is 448 g/mol. The number of nitrogens with zero attached hydrogens (tertiary/aromatic N) is 2. The van der Waals surface area contributed by atoms with Crippen LogP contribution in [0.15, 0.2) is 36.5 Å². The number of carbonyl (C=O) groups is 1. The van der Waals surface area contributed by atoms with Gasteiger partial charge in [0.1, 0.15) is 5.82 Å². The second-order valence-electron chi connectivity index (χ2n) is 9.49. The molecule has 0 radical (unpaired) electrons. The van der Waals surface area contributed by atoms with Gasteiger partial charge in [-0.1, -0.05) is 0 Å². The van der Waals surface area contributed by atoms with Crippen LogP contribution in [0.25, 0.3) is 27.5 Å². The number of fused-ring (bicyclic) bond motifs is 2. The Morgan fingerprint density at radius 1 is 1.27 bits per heavy atom. The molecule has 2 N–H and O–H groups in total. The first-order valence-corrected chi connectivity index (χ1v) is 11.6. The van der Waals surface area contributed by atoms with E-state index >= 15 is 0 Å². The molecule has 2 aromatic carbocycles. The van der Waals surface area contributed by atoms with Gasteiger partial charge in [0.25, 0.3) is 0 Å². The van der Waals surface area contributed by atoms with E-state index in [0.29, 0.717) is 24.7 Å². The van der Waals surface area contributed by atoms with E-state index in [0.717, 1.165) is 53.2 Å². The molecular weight excluding hydrogens is 421 g/mol. The predicted molar refractivity (Wildman–Crippen MR) is 123 cm³/mol. The molecule has 2 aromatic heterocycles. The van der Waals surface area contributed by atoms with E-state index in [1.165, 1.54) is 17.3 Å². The fourth-order valence-electron chi connectivity index (χ4n) is 5.51. The van der Waals surface area contributed by atoms with Gasteiger partial charge in [-0.15, -0.1) is 0 Å². The molecule has 1 saturated heterocycles. The first-order valence-electron chi connectivity index (χ1n) is 11.6. The minimum atomic E-state index is -0.707. The molecule has 1 aliphatic carbocycles. The molecule has 2 unspecified atom stereocenters. The number of H-pyrrole nitrogens is 1. The molecule has 3 heterocycles. The fourth-order valence-corrected chi connectivity index (χ4v) is 5.51. The maximum absolute atomic E-state index is 14.2. The third-order valence-electron chi connectivity index (χ3n) is 7.39. The predicted octanol–water partition coefficient (Wildman–Crippen LogP) is 5.11. The summed E-state index contributed by atoms with van der Waals surface area (Å²) in [6, 6.07) is 9.55. The van der Waals surface area contributed by atoms with E-state index in [4.69, 9.17) is 4.74 Å². The Morgan fingerprint density at radius 3 is 2.82 bits per heavy atom. The second kappa shape index (κ2) is 7.70. The summed E-state index contributed by atoms with van der Waals surface area (Å²) in [6.45, 7) is 3.20. The number of hydrogen-bond donors (Lipinski definition) is 2. The van der Waals surface area contributed by atoms with E-state index < -0.39 is 5.97 Å². The third-order valence-corrected chi connectivity index (χ3v) is 7.39. The summed E-state index contributed by atoms with van der Waals surface area (Å²) in [4.78, 5) is 11.6. The van der Waals surface area contributed by atoms with Gasteiger partial charge in [0, 0.05) is 41.3 Å². The molecule has 2 aliphatic rings. The Kier molecular flexibility index (Phi) is 4.76. The second-order valence-corrected chi connectivity index (χ2v) is 9.49. The number of nitrogens with one attached hydrogen (secondary N) is 1. The van der Waals surface area contributed by atoms with Gasteiger partial charge in [0.15, 0.2) is 0 Å². The van der Waals surface area contributed by atoms with Crippen LogP contribution in [0.3, 0.4) is 0 Å². The molecule has 33 heavy (non-hydrogen) atoms. The van der Waals surface area contributed by atoms with E-state index in [-0.39, 0.29) is 17.7 Å². The zero-order chi connectivity index (χ0) is 22.7. The number of aromatic amines is 1. The summed E-state index contributed by atoms with van der Waals surface area (Å²) in [5.41, 5.74) is 5.98. The van der Waals surface area contributed by atoms with E-state index in [9.17, 15) is 14.3 Å². The lowest BCUT2D eigenvalue weighted by atomic mass is 9.90. The third kappa shape index (κ3) is 3.42. The Hall–Kier alpha value is -3.19. The van der Waals surface area contributed by atoms with Crippen LogP contribution >= 0.6 is 0 Å². The number of carboxylic acid groups (broad SMARTS) is 1. The van der Waals surface area contributed by atoms with Gasteiger partial charge in [-0.25, -0.2) is 4.39 Å². The number of hydrogen-bond acceptors (Lipinski definition) is 3.